The number of fused-ring (bicyclic) bond motifs is 3. The summed E-state index contributed by atoms with van der Waals surface area (Å²) < 4.78 is 7.37. The third-order valence-electron chi connectivity index (χ3n) is 5.45. The van der Waals surface area contributed by atoms with Crippen molar-refractivity contribution in [3.05, 3.63) is 57.0 Å². The first-order chi connectivity index (χ1) is 14.6. The number of rotatable bonds is 7. The van der Waals surface area contributed by atoms with Crippen LogP contribution in [-0.4, -0.2) is 33.5 Å². The average molecular weight is 426 g/mol. The SMILES string of the molecule is CCCCOc1ccc(C(=O)N2CCc3c(sc4ncn(CCC)c(=O)c34)C2)cc1. The number of carbonyl (C=O) groups is 1. The number of carbonyl (C=O) groups excluding carboxylic acids is 1. The zero-order valence-electron chi connectivity index (χ0n) is 17.5. The summed E-state index contributed by atoms with van der Waals surface area (Å²) in [4.78, 5) is 34.1. The monoisotopic (exact) mass is 425 g/mol. The maximum atomic E-state index is 13.0. The molecule has 0 N–H and O–H groups in total. The topological polar surface area (TPSA) is 64.4 Å². The maximum Gasteiger partial charge on any atom is 0.262 e. The smallest absolute Gasteiger partial charge is 0.262 e. The van der Waals surface area contributed by atoms with Crippen LogP contribution in [0.2, 0.25) is 0 Å². The highest BCUT2D eigenvalue weighted by Crippen LogP contribution is 2.32. The van der Waals surface area contributed by atoms with Gasteiger partial charge < -0.3 is 9.64 Å². The first-order valence-electron chi connectivity index (χ1n) is 10.6. The van der Waals surface area contributed by atoms with E-state index in [1.807, 2.05) is 36.1 Å². The molecule has 0 saturated carbocycles. The molecule has 3 aromatic rings. The van der Waals surface area contributed by atoms with Crippen LogP contribution in [0.4, 0.5) is 0 Å². The van der Waals surface area contributed by atoms with Crippen LogP contribution in [0, 0.1) is 0 Å². The molecule has 0 spiro atoms. The van der Waals surface area contributed by atoms with Crippen molar-refractivity contribution in [1.29, 1.82) is 0 Å². The van der Waals surface area contributed by atoms with Crippen molar-refractivity contribution in [1.82, 2.24) is 14.5 Å². The lowest BCUT2D eigenvalue weighted by Crippen LogP contribution is -2.35. The quantitative estimate of drug-likeness (QED) is 0.531. The third kappa shape index (κ3) is 3.99. The van der Waals surface area contributed by atoms with Crippen LogP contribution in [0.15, 0.2) is 35.4 Å². The van der Waals surface area contributed by atoms with Crippen molar-refractivity contribution in [2.45, 2.75) is 52.6 Å². The van der Waals surface area contributed by atoms with Gasteiger partial charge in [-0.3, -0.25) is 14.2 Å². The van der Waals surface area contributed by atoms with Crippen LogP contribution >= 0.6 is 11.3 Å². The minimum atomic E-state index is 0.00886. The first-order valence-corrected chi connectivity index (χ1v) is 11.5. The number of aromatic nitrogens is 2. The molecule has 0 aliphatic carbocycles. The number of hydrogen-bond acceptors (Lipinski definition) is 5. The second-order valence-corrected chi connectivity index (χ2v) is 8.71. The van der Waals surface area contributed by atoms with E-state index in [4.69, 9.17) is 4.74 Å². The lowest BCUT2D eigenvalue weighted by Gasteiger charge is -2.27. The maximum absolute atomic E-state index is 13.0. The molecular formula is C23H27N3O3S. The molecule has 0 saturated heterocycles. The zero-order chi connectivity index (χ0) is 21.1. The van der Waals surface area contributed by atoms with Gasteiger partial charge in [0.05, 0.1) is 24.9 Å². The minimum absolute atomic E-state index is 0.00886. The summed E-state index contributed by atoms with van der Waals surface area (Å²) in [5, 5.41) is 0.742. The molecule has 2 aromatic heterocycles. The Bertz CT molecular complexity index is 1100. The summed E-state index contributed by atoms with van der Waals surface area (Å²) in [7, 11) is 0. The van der Waals surface area contributed by atoms with Crippen LogP contribution < -0.4 is 10.3 Å². The zero-order valence-corrected chi connectivity index (χ0v) is 18.3. The highest BCUT2D eigenvalue weighted by Gasteiger charge is 2.27. The largest absolute Gasteiger partial charge is 0.494 e. The average Bonchev–Trinajstić information content (AvgIpc) is 3.14. The summed E-state index contributed by atoms with van der Waals surface area (Å²) in [6.45, 7) is 6.68. The minimum Gasteiger partial charge on any atom is -0.494 e. The van der Waals surface area contributed by atoms with Gasteiger partial charge in [0.15, 0.2) is 0 Å². The van der Waals surface area contributed by atoms with Gasteiger partial charge in [0, 0.05) is 23.5 Å². The number of amides is 1. The fourth-order valence-electron chi connectivity index (χ4n) is 3.80. The van der Waals surface area contributed by atoms with E-state index in [0.29, 0.717) is 38.2 Å². The van der Waals surface area contributed by atoms with Crippen LogP contribution in [-0.2, 0) is 19.5 Å². The van der Waals surface area contributed by atoms with Crippen molar-refractivity contribution in [2.24, 2.45) is 0 Å². The molecule has 1 amide bonds. The Hall–Kier alpha value is -2.67. The second kappa shape index (κ2) is 9.00. The molecule has 0 fully saturated rings. The summed E-state index contributed by atoms with van der Waals surface area (Å²) in [6.07, 6.45) is 5.33. The normalized spacial score (nSPS) is 13.5. The van der Waals surface area contributed by atoms with Crippen molar-refractivity contribution in [2.75, 3.05) is 13.2 Å². The predicted octanol–water partition coefficient (Wildman–Crippen LogP) is 4.25. The molecule has 1 aliphatic rings. The van der Waals surface area contributed by atoms with Crippen LogP contribution in [0.5, 0.6) is 5.75 Å². The van der Waals surface area contributed by atoms with E-state index in [1.165, 1.54) is 11.3 Å². The van der Waals surface area contributed by atoms with Crippen molar-refractivity contribution in [3.63, 3.8) is 0 Å². The number of hydrogen-bond donors (Lipinski definition) is 0. The van der Waals surface area contributed by atoms with Gasteiger partial charge in [-0.2, -0.15) is 0 Å². The summed E-state index contributed by atoms with van der Waals surface area (Å²) in [6, 6.07) is 7.37. The van der Waals surface area contributed by atoms with E-state index < -0.39 is 0 Å². The molecule has 158 valence electrons. The van der Waals surface area contributed by atoms with E-state index in [-0.39, 0.29) is 11.5 Å². The highest BCUT2D eigenvalue weighted by atomic mass is 32.1. The van der Waals surface area contributed by atoms with Gasteiger partial charge in [-0.25, -0.2) is 4.98 Å². The Labute approximate surface area is 180 Å². The molecule has 30 heavy (non-hydrogen) atoms. The van der Waals surface area contributed by atoms with Crippen molar-refractivity contribution in [3.8, 4) is 5.75 Å². The van der Waals surface area contributed by atoms with Crippen molar-refractivity contribution < 1.29 is 9.53 Å². The van der Waals surface area contributed by atoms with Gasteiger partial charge in [0.2, 0.25) is 0 Å². The second-order valence-electron chi connectivity index (χ2n) is 7.63. The molecule has 0 bridgehead atoms. The molecular weight excluding hydrogens is 398 g/mol. The Morgan fingerprint density at radius 3 is 2.73 bits per heavy atom. The van der Waals surface area contributed by atoms with Crippen LogP contribution in [0.3, 0.4) is 0 Å². The van der Waals surface area contributed by atoms with E-state index in [0.717, 1.165) is 45.7 Å². The lowest BCUT2D eigenvalue weighted by molar-refractivity contribution is 0.0737. The molecule has 0 unspecified atom stereocenters. The van der Waals surface area contributed by atoms with Gasteiger partial charge in [-0.1, -0.05) is 20.3 Å². The van der Waals surface area contributed by atoms with Gasteiger partial charge >= 0.3 is 0 Å². The molecule has 0 radical (unpaired) electrons. The molecule has 0 atom stereocenters. The Kier molecular flexibility index (Phi) is 6.18. The number of aryl methyl sites for hydroxylation is 1. The van der Waals surface area contributed by atoms with Crippen LogP contribution in [0.1, 0.15) is 53.9 Å². The molecule has 6 nitrogen and oxygen atoms in total. The summed E-state index contributed by atoms with van der Waals surface area (Å²) in [5.41, 5.74) is 1.77. The summed E-state index contributed by atoms with van der Waals surface area (Å²) in [5.74, 6) is 0.800. The van der Waals surface area contributed by atoms with Gasteiger partial charge in [0.25, 0.3) is 11.5 Å². The van der Waals surface area contributed by atoms with E-state index >= 15 is 0 Å². The van der Waals surface area contributed by atoms with E-state index in [1.54, 1.807) is 10.9 Å². The predicted molar refractivity (Wildman–Crippen MR) is 119 cm³/mol. The Balaban J connectivity index is 1.52. The van der Waals surface area contributed by atoms with Gasteiger partial charge in [-0.15, -0.1) is 11.3 Å². The Morgan fingerprint density at radius 1 is 1.20 bits per heavy atom. The fraction of sp³-hybridized carbons (Fsp3) is 0.435. The van der Waals surface area contributed by atoms with E-state index in [2.05, 4.69) is 11.9 Å². The number of ether oxygens (including phenoxy) is 1. The molecule has 3 heterocycles. The number of thiophene rings is 1. The third-order valence-corrected chi connectivity index (χ3v) is 6.57. The highest BCUT2D eigenvalue weighted by molar-refractivity contribution is 7.18. The lowest BCUT2D eigenvalue weighted by atomic mass is 10.0. The summed E-state index contributed by atoms with van der Waals surface area (Å²) >= 11 is 1.53. The van der Waals surface area contributed by atoms with E-state index in [9.17, 15) is 9.59 Å². The Morgan fingerprint density at radius 2 is 2.00 bits per heavy atom. The number of unbranched alkanes of at least 4 members (excludes halogenated alkanes) is 1. The fourth-order valence-corrected chi connectivity index (χ4v) is 5.00. The number of benzene rings is 1. The molecule has 4 rings (SSSR count). The first kappa shape index (κ1) is 20.6. The molecule has 1 aromatic carbocycles. The molecule has 7 heteroatoms. The van der Waals surface area contributed by atoms with Gasteiger partial charge in [0.1, 0.15) is 10.6 Å². The number of nitrogens with zero attached hydrogens (tertiary/aromatic N) is 3. The standard InChI is InChI=1S/C23H27N3O3S/c1-3-5-13-29-17-8-6-16(7-9-17)22(27)25-12-10-18-19(14-25)30-21-20(18)23(28)26(11-4-2)15-24-21/h6-9,15H,3-5,10-14H2,1-2H3. The van der Waals surface area contributed by atoms with Gasteiger partial charge in [-0.05, 0) is 49.1 Å². The molecule has 1 aliphatic heterocycles. The van der Waals surface area contributed by atoms with Crippen molar-refractivity contribution >= 4 is 27.5 Å². The van der Waals surface area contributed by atoms with Crippen LogP contribution in [0.25, 0.3) is 10.2 Å².